The van der Waals surface area contributed by atoms with Gasteiger partial charge in [-0.05, 0) is 60.1 Å². The van der Waals surface area contributed by atoms with Crippen LogP contribution in [0.3, 0.4) is 0 Å². The van der Waals surface area contributed by atoms with Gasteiger partial charge in [0, 0.05) is 43.8 Å². The normalized spacial score (nSPS) is 23.1. The maximum Gasteiger partial charge on any atom is 0.244 e. The van der Waals surface area contributed by atoms with E-state index in [0.29, 0.717) is 11.5 Å². The van der Waals surface area contributed by atoms with E-state index < -0.39 is 0 Å². The molecule has 2 aliphatic rings. The minimum absolute atomic E-state index is 0.0559. The van der Waals surface area contributed by atoms with Crippen LogP contribution >= 0.6 is 0 Å². The Morgan fingerprint density at radius 3 is 2.89 bits per heavy atom. The average Bonchev–Trinajstić information content (AvgIpc) is 3.15. The molecule has 0 spiro atoms. The molecule has 2 unspecified atom stereocenters. The largest absolute Gasteiger partial charge is 0.371 e. The summed E-state index contributed by atoms with van der Waals surface area (Å²) in [6.07, 6.45) is 7.82. The number of piperidine rings is 1. The standard InChI is InChI=1S/C22H22N4O/c23-12-17-3-1-5-18(11-17)26-14-20-19(21(20)15-26)8-10-25-22(27)7-6-16-4-2-9-24-13-16/h1-7,9,11,13,19-21H,8,10,14-15H2,(H,25,27)/b7-6+. The van der Waals surface area contributed by atoms with Gasteiger partial charge in [-0.25, -0.2) is 0 Å². The summed E-state index contributed by atoms with van der Waals surface area (Å²) in [4.78, 5) is 18.3. The third-order valence-electron chi connectivity index (χ3n) is 5.60. The van der Waals surface area contributed by atoms with Gasteiger partial charge in [-0.15, -0.1) is 0 Å². The van der Waals surface area contributed by atoms with E-state index >= 15 is 0 Å². The lowest BCUT2D eigenvalue weighted by atomic mass is 10.1. The van der Waals surface area contributed by atoms with Crippen LogP contribution in [0.1, 0.15) is 17.5 Å². The second-order valence-corrected chi connectivity index (χ2v) is 7.26. The van der Waals surface area contributed by atoms with E-state index in [-0.39, 0.29) is 5.91 Å². The molecular weight excluding hydrogens is 336 g/mol. The van der Waals surface area contributed by atoms with Gasteiger partial charge in [0.25, 0.3) is 0 Å². The molecule has 1 saturated heterocycles. The SMILES string of the molecule is N#Cc1cccc(N2CC3C(CCNC(=O)/C=C/c4cccnc4)C3C2)c1. The highest BCUT2D eigenvalue weighted by Crippen LogP contribution is 2.54. The molecule has 4 rings (SSSR count). The first kappa shape index (κ1) is 17.3. The van der Waals surface area contributed by atoms with Crippen molar-refractivity contribution in [2.24, 2.45) is 17.8 Å². The molecule has 1 amide bonds. The molecule has 1 aliphatic heterocycles. The molecular formula is C22H22N4O. The van der Waals surface area contributed by atoms with Crippen LogP contribution in [-0.4, -0.2) is 30.5 Å². The van der Waals surface area contributed by atoms with Crippen molar-refractivity contribution >= 4 is 17.7 Å². The van der Waals surface area contributed by atoms with E-state index in [1.807, 2.05) is 30.3 Å². The number of nitrogens with one attached hydrogen (secondary N) is 1. The first-order valence-corrected chi connectivity index (χ1v) is 9.35. The number of anilines is 1. The molecule has 2 heterocycles. The van der Waals surface area contributed by atoms with E-state index in [1.165, 1.54) is 0 Å². The number of amides is 1. The summed E-state index contributed by atoms with van der Waals surface area (Å²) in [5, 5.41) is 12.0. The molecule has 0 radical (unpaired) electrons. The summed E-state index contributed by atoms with van der Waals surface area (Å²) in [5.41, 5.74) is 2.78. The fourth-order valence-corrected chi connectivity index (χ4v) is 4.13. The molecule has 5 heteroatoms. The van der Waals surface area contributed by atoms with Gasteiger partial charge in [0.15, 0.2) is 0 Å². The summed E-state index contributed by atoms with van der Waals surface area (Å²) in [5.74, 6) is 2.10. The topological polar surface area (TPSA) is 69.0 Å². The van der Waals surface area contributed by atoms with Crippen LogP contribution in [0.2, 0.25) is 0 Å². The van der Waals surface area contributed by atoms with Gasteiger partial charge in [0.05, 0.1) is 11.6 Å². The van der Waals surface area contributed by atoms with Crippen LogP contribution in [0.4, 0.5) is 5.69 Å². The smallest absolute Gasteiger partial charge is 0.244 e. The fraction of sp³-hybridized carbons (Fsp3) is 0.318. The molecule has 1 aromatic carbocycles. The predicted molar refractivity (Wildman–Crippen MR) is 105 cm³/mol. The maximum absolute atomic E-state index is 11.9. The number of fused-ring (bicyclic) bond motifs is 1. The Balaban J connectivity index is 1.19. The zero-order chi connectivity index (χ0) is 18.6. The van der Waals surface area contributed by atoms with Crippen molar-refractivity contribution in [2.45, 2.75) is 6.42 Å². The average molecular weight is 358 g/mol. The van der Waals surface area contributed by atoms with Crippen molar-refractivity contribution in [3.05, 3.63) is 66.0 Å². The number of rotatable bonds is 6. The second-order valence-electron chi connectivity index (χ2n) is 7.26. The Bertz CT molecular complexity index is 875. The molecule has 136 valence electrons. The zero-order valence-corrected chi connectivity index (χ0v) is 15.1. The van der Waals surface area contributed by atoms with Crippen molar-refractivity contribution in [3.8, 4) is 6.07 Å². The molecule has 0 bridgehead atoms. The van der Waals surface area contributed by atoms with Gasteiger partial charge in [-0.1, -0.05) is 12.1 Å². The molecule has 2 aromatic rings. The quantitative estimate of drug-likeness (QED) is 0.806. The first-order valence-electron chi connectivity index (χ1n) is 9.35. The lowest BCUT2D eigenvalue weighted by Gasteiger charge is -2.22. The number of carbonyl (C=O) groups excluding carboxylic acids is 1. The minimum Gasteiger partial charge on any atom is -0.371 e. The van der Waals surface area contributed by atoms with E-state index in [2.05, 4.69) is 27.3 Å². The Morgan fingerprint density at radius 2 is 2.15 bits per heavy atom. The van der Waals surface area contributed by atoms with Crippen molar-refractivity contribution in [1.82, 2.24) is 10.3 Å². The number of pyridine rings is 1. The monoisotopic (exact) mass is 358 g/mol. The molecule has 1 aliphatic carbocycles. The Hall–Kier alpha value is -3.13. The van der Waals surface area contributed by atoms with Gasteiger partial charge in [-0.3, -0.25) is 9.78 Å². The highest BCUT2D eigenvalue weighted by atomic mass is 16.1. The number of hydrogen-bond donors (Lipinski definition) is 1. The van der Waals surface area contributed by atoms with E-state index in [4.69, 9.17) is 5.26 Å². The predicted octanol–water partition coefficient (Wildman–Crippen LogP) is 2.86. The maximum atomic E-state index is 11.9. The first-order chi connectivity index (χ1) is 13.2. The minimum atomic E-state index is -0.0559. The van der Waals surface area contributed by atoms with Gasteiger partial charge >= 0.3 is 0 Å². The third-order valence-corrected chi connectivity index (χ3v) is 5.60. The van der Waals surface area contributed by atoms with Gasteiger partial charge < -0.3 is 10.2 Å². The number of carbonyl (C=O) groups is 1. The van der Waals surface area contributed by atoms with Crippen molar-refractivity contribution in [1.29, 1.82) is 5.26 Å². The summed E-state index contributed by atoms with van der Waals surface area (Å²) in [6.45, 7) is 2.83. The Labute approximate surface area is 159 Å². The molecule has 1 saturated carbocycles. The van der Waals surface area contributed by atoms with Gasteiger partial charge in [0.1, 0.15) is 0 Å². The lowest BCUT2D eigenvalue weighted by Crippen LogP contribution is -2.26. The molecule has 1 aromatic heterocycles. The summed E-state index contributed by atoms with van der Waals surface area (Å²) < 4.78 is 0. The van der Waals surface area contributed by atoms with Crippen molar-refractivity contribution < 1.29 is 4.79 Å². The third kappa shape index (κ3) is 4.01. The molecule has 27 heavy (non-hydrogen) atoms. The van der Waals surface area contributed by atoms with Crippen molar-refractivity contribution in [2.75, 3.05) is 24.5 Å². The van der Waals surface area contributed by atoms with Crippen LogP contribution in [0.25, 0.3) is 6.08 Å². The van der Waals surface area contributed by atoms with Crippen LogP contribution < -0.4 is 10.2 Å². The number of nitrogens with zero attached hydrogens (tertiary/aromatic N) is 3. The van der Waals surface area contributed by atoms with E-state index in [1.54, 1.807) is 24.5 Å². The van der Waals surface area contributed by atoms with Gasteiger partial charge in [-0.2, -0.15) is 5.26 Å². The molecule has 2 atom stereocenters. The zero-order valence-electron chi connectivity index (χ0n) is 15.1. The van der Waals surface area contributed by atoms with E-state index in [9.17, 15) is 4.79 Å². The summed E-state index contributed by atoms with van der Waals surface area (Å²) in [6, 6.07) is 13.8. The number of aromatic nitrogens is 1. The second kappa shape index (κ2) is 7.63. The van der Waals surface area contributed by atoms with Crippen LogP contribution in [-0.2, 0) is 4.79 Å². The lowest BCUT2D eigenvalue weighted by molar-refractivity contribution is -0.116. The molecule has 2 fully saturated rings. The number of hydrogen-bond acceptors (Lipinski definition) is 4. The van der Waals surface area contributed by atoms with E-state index in [0.717, 1.165) is 49.1 Å². The Morgan fingerprint density at radius 1 is 1.30 bits per heavy atom. The van der Waals surface area contributed by atoms with Crippen molar-refractivity contribution in [3.63, 3.8) is 0 Å². The van der Waals surface area contributed by atoms with Crippen LogP contribution in [0.15, 0.2) is 54.9 Å². The highest BCUT2D eigenvalue weighted by molar-refractivity contribution is 5.91. The number of nitriles is 1. The van der Waals surface area contributed by atoms with Crippen LogP contribution in [0, 0.1) is 29.1 Å². The molecule has 1 N–H and O–H groups in total. The Kier molecular flexibility index (Phi) is 4.88. The van der Waals surface area contributed by atoms with Crippen LogP contribution in [0.5, 0.6) is 0 Å². The number of benzene rings is 1. The summed E-state index contributed by atoms with van der Waals surface area (Å²) >= 11 is 0. The fourth-order valence-electron chi connectivity index (χ4n) is 4.13. The van der Waals surface area contributed by atoms with Gasteiger partial charge in [0.2, 0.25) is 5.91 Å². The summed E-state index contributed by atoms with van der Waals surface area (Å²) in [7, 11) is 0. The molecule has 5 nitrogen and oxygen atoms in total. The highest BCUT2D eigenvalue weighted by Gasteiger charge is 2.54.